The summed E-state index contributed by atoms with van der Waals surface area (Å²) in [6, 6.07) is 15.5. The van der Waals surface area contributed by atoms with E-state index in [1.807, 2.05) is 6.07 Å². The molecule has 0 spiro atoms. The van der Waals surface area contributed by atoms with E-state index in [2.05, 4.69) is 0 Å². The van der Waals surface area contributed by atoms with Crippen molar-refractivity contribution < 1.29 is 9.83 Å². The molecule has 1 unspecified atom stereocenters. The average Bonchev–Trinajstić information content (AvgIpc) is 2.70. The SMILES string of the molecule is CC1(c2ccccc2)C(=O)c2ccccc2N1[N+](=O)[O-]. The van der Waals surface area contributed by atoms with Gasteiger partial charge in [-0.2, -0.15) is 0 Å². The van der Waals surface area contributed by atoms with Gasteiger partial charge in [-0.25, -0.2) is 10.1 Å². The van der Waals surface area contributed by atoms with Crippen LogP contribution in [0.3, 0.4) is 0 Å². The lowest BCUT2D eigenvalue weighted by atomic mass is 9.87. The van der Waals surface area contributed by atoms with Gasteiger partial charge in [0.2, 0.25) is 5.78 Å². The number of hydrogen-bond acceptors (Lipinski definition) is 3. The molecule has 3 rings (SSSR count). The first-order valence-corrected chi connectivity index (χ1v) is 6.20. The monoisotopic (exact) mass is 268 g/mol. The highest BCUT2D eigenvalue weighted by Crippen LogP contribution is 2.44. The molecule has 1 aliphatic rings. The van der Waals surface area contributed by atoms with Gasteiger partial charge in [0, 0.05) is 0 Å². The fraction of sp³-hybridized carbons (Fsp3) is 0.133. The van der Waals surface area contributed by atoms with Crippen molar-refractivity contribution >= 4 is 11.5 Å². The average molecular weight is 268 g/mol. The number of para-hydroxylation sites is 1. The lowest BCUT2D eigenvalue weighted by Gasteiger charge is -2.27. The number of anilines is 1. The maximum atomic E-state index is 12.7. The molecule has 0 saturated carbocycles. The highest BCUT2D eigenvalue weighted by atomic mass is 16.7. The lowest BCUT2D eigenvalue weighted by molar-refractivity contribution is -0.504. The van der Waals surface area contributed by atoms with Crippen molar-refractivity contribution in [2.45, 2.75) is 12.5 Å². The summed E-state index contributed by atoms with van der Waals surface area (Å²) in [5, 5.41) is 11.9. The Bertz CT molecular complexity index is 699. The van der Waals surface area contributed by atoms with Gasteiger partial charge in [-0.05, 0) is 24.6 Å². The van der Waals surface area contributed by atoms with E-state index in [4.69, 9.17) is 0 Å². The first kappa shape index (κ1) is 12.3. The van der Waals surface area contributed by atoms with Crippen LogP contribution in [-0.4, -0.2) is 10.8 Å². The molecule has 0 radical (unpaired) electrons. The van der Waals surface area contributed by atoms with Crippen LogP contribution >= 0.6 is 0 Å². The molecule has 5 nitrogen and oxygen atoms in total. The molecule has 2 aromatic carbocycles. The van der Waals surface area contributed by atoms with E-state index in [-0.39, 0.29) is 5.78 Å². The number of ketones is 1. The van der Waals surface area contributed by atoms with Gasteiger partial charge in [0.25, 0.3) is 0 Å². The van der Waals surface area contributed by atoms with Gasteiger partial charge in [-0.1, -0.05) is 47.5 Å². The van der Waals surface area contributed by atoms with Crippen molar-refractivity contribution in [2.75, 3.05) is 5.01 Å². The summed E-state index contributed by atoms with van der Waals surface area (Å²) in [5.74, 6) is -0.254. The molecule has 0 aliphatic carbocycles. The topological polar surface area (TPSA) is 63.5 Å². The molecule has 100 valence electrons. The molecular formula is C15H12N2O3. The normalized spacial score (nSPS) is 20.9. The van der Waals surface area contributed by atoms with Crippen molar-refractivity contribution in [1.29, 1.82) is 0 Å². The maximum absolute atomic E-state index is 12.7. The Morgan fingerprint density at radius 1 is 1.05 bits per heavy atom. The van der Waals surface area contributed by atoms with Gasteiger partial charge in [0.1, 0.15) is 5.69 Å². The van der Waals surface area contributed by atoms with E-state index >= 15 is 0 Å². The Balaban J connectivity index is 2.27. The van der Waals surface area contributed by atoms with Crippen LogP contribution in [0.5, 0.6) is 0 Å². The van der Waals surface area contributed by atoms with Crippen LogP contribution in [0.2, 0.25) is 0 Å². The molecule has 0 bridgehead atoms. The molecule has 2 aromatic rings. The number of nitrogens with zero attached hydrogens (tertiary/aromatic N) is 2. The van der Waals surface area contributed by atoms with Crippen molar-refractivity contribution in [1.82, 2.24) is 0 Å². The zero-order valence-electron chi connectivity index (χ0n) is 10.8. The minimum atomic E-state index is -1.31. The van der Waals surface area contributed by atoms with E-state index < -0.39 is 10.6 Å². The van der Waals surface area contributed by atoms with Gasteiger partial charge in [-0.3, -0.25) is 4.79 Å². The molecule has 0 fully saturated rings. The zero-order chi connectivity index (χ0) is 14.3. The number of rotatable bonds is 2. The van der Waals surface area contributed by atoms with Gasteiger partial charge in [0.05, 0.1) is 5.56 Å². The molecule has 0 aromatic heterocycles. The third kappa shape index (κ3) is 1.46. The Morgan fingerprint density at radius 3 is 2.30 bits per heavy atom. The third-order valence-corrected chi connectivity index (χ3v) is 3.74. The van der Waals surface area contributed by atoms with Crippen LogP contribution in [0.1, 0.15) is 22.8 Å². The summed E-state index contributed by atoms with van der Waals surface area (Å²) in [5.41, 5.74) is 0.0244. The molecule has 1 aliphatic heterocycles. The second-order valence-corrected chi connectivity index (χ2v) is 4.83. The first-order valence-electron chi connectivity index (χ1n) is 6.20. The maximum Gasteiger partial charge on any atom is 0.201 e. The summed E-state index contributed by atoms with van der Waals surface area (Å²) >= 11 is 0. The molecule has 0 amide bonds. The summed E-state index contributed by atoms with van der Waals surface area (Å²) in [7, 11) is 0. The Morgan fingerprint density at radius 2 is 1.65 bits per heavy atom. The van der Waals surface area contributed by atoms with Crippen LogP contribution in [0.15, 0.2) is 54.6 Å². The molecule has 5 heteroatoms. The van der Waals surface area contributed by atoms with Gasteiger partial charge >= 0.3 is 0 Å². The van der Waals surface area contributed by atoms with Crippen molar-refractivity contribution in [3.05, 3.63) is 75.8 Å². The molecule has 0 N–H and O–H groups in total. The Kier molecular flexibility index (Phi) is 2.57. The predicted octanol–water partition coefficient (Wildman–Crippen LogP) is 2.80. The summed E-state index contributed by atoms with van der Waals surface area (Å²) < 4.78 is 0. The van der Waals surface area contributed by atoms with Gasteiger partial charge in [-0.15, -0.1) is 0 Å². The lowest BCUT2D eigenvalue weighted by Crippen LogP contribution is -2.48. The number of hydrogen-bond donors (Lipinski definition) is 0. The zero-order valence-corrected chi connectivity index (χ0v) is 10.8. The number of carbonyl (C=O) groups excluding carboxylic acids is 1. The Labute approximate surface area is 115 Å². The largest absolute Gasteiger partial charge is 0.291 e. The quantitative estimate of drug-likeness (QED) is 0.620. The van der Waals surface area contributed by atoms with Crippen LogP contribution in [0.25, 0.3) is 0 Å². The van der Waals surface area contributed by atoms with E-state index in [1.165, 1.54) is 0 Å². The molecule has 1 heterocycles. The fourth-order valence-corrected chi connectivity index (χ4v) is 2.72. The summed E-state index contributed by atoms with van der Waals surface area (Å²) in [4.78, 5) is 24.2. The van der Waals surface area contributed by atoms with E-state index in [0.717, 1.165) is 5.01 Å². The standard InChI is InChI=1S/C15H12N2O3/c1-15(11-7-3-2-4-8-11)14(18)12-9-5-6-10-13(12)16(15)17(19)20/h2-10H,1H3. The smallest absolute Gasteiger partial charge is 0.201 e. The van der Waals surface area contributed by atoms with E-state index in [9.17, 15) is 14.9 Å². The highest BCUT2D eigenvalue weighted by Gasteiger charge is 2.55. The van der Waals surface area contributed by atoms with Gasteiger partial charge in [0.15, 0.2) is 10.6 Å². The van der Waals surface area contributed by atoms with Crippen LogP contribution < -0.4 is 5.01 Å². The number of hydrazine groups is 1. The number of carbonyl (C=O) groups is 1. The van der Waals surface area contributed by atoms with E-state index in [0.29, 0.717) is 16.8 Å². The van der Waals surface area contributed by atoms with Gasteiger partial charge < -0.3 is 0 Å². The number of benzene rings is 2. The molecular weight excluding hydrogens is 256 g/mol. The molecule has 1 atom stereocenters. The summed E-state index contributed by atoms with van der Waals surface area (Å²) in [6.45, 7) is 1.59. The van der Waals surface area contributed by atoms with E-state index in [1.54, 1.807) is 55.5 Å². The summed E-state index contributed by atoms with van der Waals surface area (Å²) in [6.07, 6.45) is 0. The second-order valence-electron chi connectivity index (χ2n) is 4.83. The highest BCUT2D eigenvalue weighted by molar-refractivity contribution is 6.13. The molecule has 20 heavy (non-hydrogen) atoms. The fourth-order valence-electron chi connectivity index (χ4n) is 2.72. The number of Topliss-reactive ketones (excluding diaryl/α,β-unsaturated/α-hetero) is 1. The van der Waals surface area contributed by atoms with Crippen molar-refractivity contribution in [2.24, 2.45) is 0 Å². The first-order chi connectivity index (χ1) is 9.56. The van der Waals surface area contributed by atoms with Crippen molar-refractivity contribution in [3.8, 4) is 0 Å². The van der Waals surface area contributed by atoms with Crippen LogP contribution in [0, 0.1) is 10.1 Å². The third-order valence-electron chi connectivity index (χ3n) is 3.74. The van der Waals surface area contributed by atoms with Crippen molar-refractivity contribution in [3.63, 3.8) is 0 Å². The minimum absolute atomic E-state index is 0.254. The van der Waals surface area contributed by atoms with Crippen LogP contribution in [-0.2, 0) is 5.54 Å². The number of fused-ring (bicyclic) bond motifs is 1. The Hall–Kier alpha value is -2.69. The molecule has 0 saturated heterocycles. The minimum Gasteiger partial charge on any atom is -0.291 e. The predicted molar refractivity (Wildman–Crippen MR) is 74.0 cm³/mol. The second kappa shape index (κ2) is 4.16. The van der Waals surface area contributed by atoms with Crippen LogP contribution in [0.4, 0.5) is 5.69 Å². The number of nitro groups is 1.